The highest BCUT2D eigenvalue weighted by molar-refractivity contribution is 6.17. The third-order valence-electron chi connectivity index (χ3n) is 7.24. The number of aryl methyl sites for hydroxylation is 1. The maximum absolute atomic E-state index is 6.25. The number of halogens is 1. The Morgan fingerprint density at radius 3 is 2.62 bits per heavy atom. The first-order valence-electron chi connectivity index (χ1n) is 13.8. The monoisotopic (exact) mass is 519 g/mol. The fraction of sp³-hybridized carbons (Fsp3) is 0.455. The van der Waals surface area contributed by atoms with E-state index < -0.39 is 0 Å². The molecule has 2 aliphatic carbocycles. The van der Waals surface area contributed by atoms with Crippen molar-refractivity contribution >= 4 is 17.2 Å². The highest BCUT2D eigenvalue weighted by Crippen LogP contribution is 2.44. The SMILES string of the molecule is C=C/C=C(C1=C2C=CC(N(CC)CC)=CC2Cc2cc(CCCCl)ccc21)\C(=C/C)CNCC(C)(C)N. The minimum atomic E-state index is -0.261. The van der Waals surface area contributed by atoms with Crippen LogP contribution in [-0.4, -0.2) is 42.5 Å². The Bertz CT molecular complexity index is 1110. The van der Waals surface area contributed by atoms with Gasteiger partial charge >= 0.3 is 0 Å². The van der Waals surface area contributed by atoms with Crippen molar-refractivity contribution in [3.8, 4) is 0 Å². The standard InChI is InChI=1S/C33H46ClN3/c1-7-12-29(25(8-2)22-36-23-33(5,6)35)32-30-16-14-24(13-11-18-34)19-26(30)20-27-21-28(15-17-31(27)32)37(9-3)10-4/h7-8,12,14-17,19,21,27,36H,1,9-11,13,18,20,22-23,35H2,2-6H3/b25-8-,29-12+. The topological polar surface area (TPSA) is 41.3 Å². The van der Waals surface area contributed by atoms with E-state index in [9.17, 15) is 0 Å². The van der Waals surface area contributed by atoms with Crippen LogP contribution in [0.1, 0.15) is 57.7 Å². The number of allylic oxidation sites excluding steroid dienone is 8. The summed E-state index contributed by atoms with van der Waals surface area (Å²) in [6, 6.07) is 7.03. The van der Waals surface area contributed by atoms with Crippen molar-refractivity contribution in [3.63, 3.8) is 0 Å². The van der Waals surface area contributed by atoms with Crippen molar-refractivity contribution in [3.05, 3.63) is 100 Å². The third-order valence-corrected chi connectivity index (χ3v) is 7.51. The van der Waals surface area contributed by atoms with Crippen LogP contribution in [0.15, 0.2) is 83.7 Å². The van der Waals surface area contributed by atoms with Gasteiger partial charge in [0.15, 0.2) is 0 Å². The Morgan fingerprint density at radius 1 is 1.24 bits per heavy atom. The normalized spacial score (nSPS) is 17.9. The van der Waals surface area contributed by atoms with Crippen LogP contribution in [0.3, 0.4) is 0 Å². The van der Waals surface area contributed by atoms with Gasteiger partial charge in [0.05, 0.1) is 0 Å². The zero-order chi connectivity index (χ0) is 27.0. The lowest BCUT2D eigenvalue weighted by molar-refractivity contribution is 0.389. The number of rotatable bonds is 13. The fourth-order valence-electron chi connectivity index (χ4n) is 5.41. The molecule has 2 aliphatic rings. The molecule has 3 rings (SSSR count). The van der Waals surface area contributed by atoms with Crippen molar-refractivity contribution in [1.82, 2.24) is 10.2 Å². The Morgan fingerprint density at radius 2 is 2.00 bits per heavy atom. The first-order chi connectivity index (χ1) is 17.8. The Labute approximate surface area is 230 Å². The highest BCUT2D eigenvalue weighted by atomic mass is 35.5. The largest absolute Gasteiger partial charge is 0.372 e. The lowest BCUT2D eigenvalue weighted by Gasteiger charge is -2.34. The molecule has 3 N–H and O–H groups in total. The molecule has 3 nitrogen and oxygen atoms in total. The Balaban J connectivity index is 2.12. The molecule has 0 saturated carbocycles. The number of fused-ring (bicyclic) bond motifs is 2. The van der Waals surface area contributed by atoms with E-state index in [-0.39, 0.29) is 5.54 Å². The van der Waals surface area contributed by atoms with Gasteiger partial charge in [0.1, 0.15) is 0 Å². The van der Waals surface area contributed by atoms with Gasteiger partial charge in [0.25, 0.3) is 0 Å². The molecule has 0 amide bonds. The molecule has 0 bridgehead atoms. The van der Waals surface area contributed by atoms with Crippen molar-refractivity contribution < 1.29 is 0 Å². The van der Waals surface area contributed by atoms with Crippen molar-refractivity contribution in [2.45, 2.75) is 59.4 Å². The summed E-state index contributed by atoms with van der Waals surface area (Å²) in [6.07, 6.45) is 16.5. The molecule has 0 spiro atoms. The highest BCUT2D eigenvalue weighted by Gasteiger charge is 2.30. The van der Waals surface area contributed by atoms with Gasteiger partial charge in [-0.3, -0.25) is 0 Å². The van der Waals surface area contributed by atoms with E-state index in [2.05, 4.69) is 100.0 Å². The average molecular weight is 520 g/mol. The van der Waals surface area contributed by atoms with Crippen LogP contribution >= 0.6 is 11.6 Å². The molecule has 1 atom stereocenters. The van der Waals surface area contributed by atoms with Crippen LogP contribution in [0.5, 0.6) is 0 Å². The summed E-state index contributed by atoms with van der Waals surface area (Å²) < 4.78 is 0. The molecule has 4 heteroatoms. The molecule has 0 aliphatic heterocycles. The summed E-state index contributed by atoms with van der Waals surface area (Å²) >= 11 is 6.01. The minimum Gasteiger partial charge on any atom is -0.372 e. The molecule has 1 unspecified atom stereocenters. The lowest BCUT2D eigenvalue weighted by Crippen LogP contribution is -2.43. The summed E-state index contributed by atoms with van der Waals surface area (Å²) in [4.78, 5) is 2.44. The van der Waals surface area contributed by atoms with Gasteiger partial charge in [-0.25, -0.2) is 0 Å². The maximum atomic E-state index is 6.25. The second-order valence-electron chi connectivity index (χ2n) is 10.7. The first-order valence-corrected chi connectivity index (χ1v) is 14.3. The van der Waals surface area contributed by atoms with Crippen molar-refractivity contribution in [1.29, 1.82) is 0 Å². The predicted octanol–water partition coefficient (Wildman–Crippen LogP) is 6.97. The minimum absolute atomic E-state index is 0.261. The smallest absolute Gasteiger partial charge is 0.0331 e. The average Bonchev–Trinajstić information content (AvgIpc) is 2.87. The molecule has 37 heavy (non-hydrogen) atoms. The van der Waals surface area contributed by atoms with Gasteiger partial charge in [-0.1, -0.05) is 55.2 Å². The van der Waals surface area contributed by atoms with E-state index >= 15 is 0 Å². The van der Waals surface area contributed by atoms with Crippen LogP contribution in [0.2, 0.25) is 0 Å². The molecule has 0 heterocycles. The van der Waals surface area contributed by atoms with E-state index in [4.69, 9.17) is 17.3 Å². The number of likely N-dealkylation sites (N-methyl/N-ethyl adjacent to an activating group) is 1. The van der Waals surface area contributed by atoms with E-state index in [0.717, 1.165) is 45.4 Å². The summed E-state index contributed by atoms with van der Waals surface area (Å²) in [6.45, 7) is 18.3. The second kappa shape index (κ2) is 13.5. The van der Waals surface area contributed by atoms with Gasteiger partial charge in [0, 0.05) is 49.2 Å². The Hall–Kier alpha value is -2.33. The number of benzene rings is 1. The second-order valence-corrected chi connectivity index (χ2v) is 11.1. The van der Waals surface area contributed by atoms with E-state index in [1.54, 1.807) is 0 Å². The number of nitrogens with zero attached hydrogens (tertiary/aromatic N) is 1. The van der Waals surface area contributed by atoms with Gasteiger partial charge < -0.3 is 16.0 Å². The molecule has 0 saturated heterocycles. The van der Waals surface area contributed by atoms with Gasteiger partial charge in [-0.15, -0.1) is 11.6 Å². The van der Waals surface area contributed by atoms with Gasteiger partial charge in [0.2, 0.25) is 0 Å². The van der Waals surface area contributed by atoms with Crippen LogP contribution in [0.4, 0.5) is 0 Å². The van der Waals surface area contributed by atoms with E-state index in [1.807, 2.05) is 6.08 Å². The summed E-state index contributed by atoms with van der Waals surface area (Å²) in [5, 5.41) is 3.58. The molecule has 0 aromatic heterocycles. The predicted molar refractivity (Wildman–Crippen MR) is 163 cm³/mol. The number of hydrogen-bond acceptors (Lipinski definition) is 3. The van der Waals surface area contributed by atoms with Crippen molar-refractivity contribution in [2.24, 2.45) is 11.7 Å². The molecule has 1 aromatic carbocycles. The molecule has 0 fully saturated rings. The van der Waals surface area contributed by atoms with Crippen LogP contribution < -0.4 is 11.1 Å². The Kier molecular flexibility index (Phi) is 10.6. The molecule has 200 valence electrons. The van der Waals surface area contributed by atoms with Gasteiger partial charge in [-0.05, 0) is 98.9 Å². The quantitative estimate of drug-likeness (QED) is 0.218. The van der Waals surface area contributed by atoms with Crippen LogP contribution in [-0.2, 0) is 12.8 Å². The first kappa shape index (κ1) is 29.2. The number of alkyl halides is 1. The van der Waals surface area contributed by atoms with E-state index in [1.165, 1.54) is 44.7 Å². The number of nitrogens with one attached hydrogen (secondary N) is 1. The molecule has 0 radical (unpaired) electrons. The summed E-state index contributed by atoms with van der Waals surface area (Å²) in [5.41, 5.74) is 16.6. The molecular weight excluding hydrogens is 474 g/mol. The van der Waals surface area contributed by atoms with E-state index in [0.29, 0.717) is 11.8 Å². The zero-order valence-electron chi connectivity index (χ0n) is 23.5. The molecule has 1 aromatic rings. The number of nitrogens with two attached hydrogens (primary N) is 1. The van der Waals surface area contributed by atoms with Gasteiger partial charge in [-0.2, -0.15) is 0 Å². The van der Waals surface area contributed by atoms with Crippen molar-refractivity contribution in [2.75, 3.05) is 32.1 Å². The molecular formula is C33H46ClN3. The maximum Gasteiger partial charge on any atom is 0.0331 e. The van der Waals surface area contributed by atoms with Crippen LogP contribution in [0, 0.1) is 5.92 Å². The third kappa shape index (κ3) is 7.37. The summed E-state index contributed by atoms with van der Waals surface area (Å²) in [7, 11) is 0. The number of hydrogen-bond donors (Lipinski definition) is 2. The zero-order valence-corrected chi connectivity index (χ0v) is 24.3. The van der Waals surface area contributed by atoms with Crippen LogP contribution in [0.25, 0.3) is 5.57 Å². The summed E-state index contributed by atoms with van der Waals surface area (Å²) in [5.74, 6) is 1.04. The fourth-order valence-corrected chi connectivity index (χ4v) is 5.54. The lowest BCUT2D eigenvalue weighted by atomic mass is 9.72.